The average Bonchev–Trinajstić information content (AvgIpc) is 2.68. The van der Waals surface area contributed by atoms with Crippen LogP contribution in [0.15, 0.2) is 65.8 Å². The Morgan fingerprint density at radius 3 is 2.71 bits per heavy atom. The van der Waals surface area contributed by atoms with Crippen molar-refractivity contribution < 1.29 is 14.7 Å². The van der Waals surface area contributed by atoms with Gasteiger partial charge in [-0.1, -0.05) is 48.0 Å². The number of hydrazone groups is 1. The highest BCUT2D eigenvalue weighted by atomic mass is 35.5. The Morgan fingerprint density at radius 2 is 1.89 bits per heavy atom. The van der Waals surface area contributed by atoms with E-state index in [-0.39, 0.29) is 12.3 Å². The fourth-order valence-electron chi connectivity index (χ4n) is 2.53. The summed E-state index contributed by atoms with van der Waals surface area (Å²) in [5.74, 6) is -0.465. The Morgan fingerprint density at radius 1 is 1.07 bits per heavy atom. The molecule has 3 aromatic rings. The standard InChI is InChI=1S/C20H17ClN4O3/c21-14-5-3-6-15(10-14)24-20(28)22-12-19(27)25-23-11-17-16-7-2-1-4-13(16)8-9-18(17)26/h1-11,26H,12H2,(H,25,27)(H2,22,24,28)/b23-11+. The molecular formula is C20H17ClN4O3. The summed E-state index contributed by atoms with van der Waals surface area (Å²) in [6, 6.07) is 16.9. The number of phenols is 1. The molecule has 0 aliphatic carbocycles. The lowest BCUT2D eigenvalue weighted by Gasteiger charge is -2.07. The number of hydrogen-bond acceptors (Lipinski definition) is 4. The molecule has 0 fully saturated rings. The molecule has 7 nitrogen and oxygen atoms in total. The second-order valence-corrected chi connectivity index (χ2v) is 6.27. The van der Waals surface area contributed by atoms with E-state index in [1.165, 1.54) is 6.21 Å². The third-order valence-corrected chi connectivity index (χ3v) is 4.06. The lowest BCUT2D eigenvalue weighted by atomic mass is 10.0. The lowest BCUT2D eigenvalue weighted by Crippen LogP contribution is -2.37. The van der Waals surface area contributed by atoms with Gasteiger partial charge < -0.3 is 15.7 Å². The maximum atomic E-state index is 11.8. The third kappa shape index (κ3) is 4.99. The molecule has 8 heteroatoms. The normalized spacial score (nSPS) is 10.8. The number of amides is 3. The van der Waals surface area contributed by atoms with Gasteiger partial charge in [-0.3, -0.25) is 4.79 Å². The maximum absolute atomic E-state index is 11.8. The Labute approximate surface area is 166 Å². The van der Waals surface area contributed by atoms with E-state index in [4.69, 9.17) is 11.6 Å². The second-order valence-electron chi connectivity index (χ2n) is 5.83. The van der Waals surface area contributed by atoms with Crippen LogP contribution >= 0.6 is 11.6 Å². The predicted octanol–water partition coefficient (Wildman–Crippen LogP) is 3.47. The summed E-state index contributed by atoms with van der Waals surface area (Å²) in [6.07, 6.45) is 1.36. The van der Waals surface area contributed by atoms with Crippen molar-refractivity contribution in [3.05, 3.63) is 71.2 Å². The molecule has 0 spiro atoms. The lowest BCUT2D eigenvalue weighted by molar-refractivity contribution is -0.120. The molecule has 0 aromatic heterocycles. The summed E-state index contributed by atoms with van der Waals surface area (Å²) in [6.45, 7) is -0.273. The molecule has 4 N–H and O–H groups in total. The topological polar surface area (TPSA) is 103 Å². The minimum Gasteiger partial charge on any atom is -0.507 e. The summed E-state index contributed by atoms with van der Waals surface area (Å²) in [5, 5.41) is 21.1. The summed E-state index contributed by atoms with van der Waals surface area (Å²) in [7, 11) is 0. The highest BCUT2D eigenvalue weighted by Crippen LogP contribution is 2.25. The molecule has 0 aliphatic heterocycles. The Bertz CT molecular complexity index is 1050. The number of fused-ring (bicyclic) bond motifs is 1. The first-order chi connectivity index (χ1) is 13.5. The van der Waals surface area contributed by atoms with Crippen LogP contribution in [0.2, 0.25) is 5.02 Å². The van der Waals surface area contributed by atoms with E-state index >= 15 is 0 Å². The number of phenolic OH excluding ortho intramolecular Hbond substituents is 1. The van der Waals surface area contributed by atoms with Gasteiger partial charge in [0.05, 0.1) is 6.21 Å². The van der Waals surface area contributed by atoms with Crippen LogP contribution in [-0.2, 0) is 4.79 Å². The first kappa shape index (κ1) is 19.2. The highest BCUT2D eigenvalue weighted by molar-refractivity contribution is 6.30. The second kappa shape index (κ2) is 8.88. The molecular weight excluding hydrogens is 380 g/mol. The van der Waals surface area contributed by atoms with Gasteiger partial charge in [-0.25, -0.2) is 10.2 Å². The number of anilines is 1. The summed E-state index contributed by atoms with van der Waals surface area (Å²) >= 11 is 5.84. The highest BCUT2D eigenvalue weighted by Gasteiger charge is 2.07. The molecule has 0 radical (unpaired) electrons. The molecule has 0 saturated heterocycles. The van der Waals surface area contributed by atoms with Crippen LogP contribution in [0.5, 0.6) is 5.75 Å². The van der Waals surface area contributed by atoms with Crippen molar-refractivity contribution >= 4 is 46.2 Å². The van der Waals surface area contributed by atoms with E-state index in [1.54, 1.807) is 36.4 Å². The molecule has 28 heavy (non-hydrogen) atoms. The number of urea groups is 1. The average molecular weight is 397 g/mol. The fraction of sp³-hybridized carbons (Fsp3) is 0.0500. The van der Waals surface area contributed by atoms with Crippen LogP contribution in [0.1, 0.15) is 5.56 Å². The van der Waals surface area contributed by atoms with Gasteiger partial charge in [0.1, 0.15) is 12.3 Å². The van der Waals surface area contributed by atoms with E-state index in [0.29, 0.717) is 16.3 Å². The van der Waals surface area contributed by atoms with Crippen LogP contribution in [0.4, 0.5) is 10.5 Å². The molecule has 0 heterocycles. The largest absolute Gasteiger partial charge is 0.507 e. The van der Waals surface area contributed by atoms with Crippen LogP contribution in [0.25, 0.3) is 10.8 Å². The number of rotatable bonds is 5. The van der Waals surface area contributed by atoms with Crippen molar-refractivity contribution in [1.82, 2.24) is 10.7 Å². The maximum Gasteiger partial charge on any atom is 0.319 e. The van der Waals surface area contributed by atoms with Gasteiger partial charge in [0.15, 0.2) is 0 Å². The van der Waals surface area contributed by atoms with E-state index in [1.807, 2.05) is 24.3 Å². The Kier molecular flexibility index (Phi) is 6.08. The summed E-state index contributed by atoms with van der Waals surface area (Å²) < 4.78 is 0. The fourth-order valence-corrected chi connectivity index (χ4v) is 2.72. The molecule has 0 unspecified atom stereocenters. The van der Waals surface area contributed by atoms with Gasteiger partial charge in [-0.15, -0.1) is 0 Å². The number of nitrogens with one attached hydrogen (secondary N) is 3. The third-order valence-electron chi connectivity index (χ3n) is 3.82. The van der Waals surface area contributed by atoms with Crippen molar-refractivity contribution in [2.24, 2.45) is 5.10 Å². The zero-order valence-corrected chi connectivity index (χ0v) is 15.4. The van der Waals surface area contributed by atoms with Crippen LogP contribution < -0.4 is 16.1 Å². The quantitative estimate of drug-likeness (QED) is 0.392. The zero-order valence-electron chi connectivity index (χ0n) is 14.6. The van der Waals surface area contributed by atoms with Gasteiger partial charge in [0, 0.05) is 16.3 Å². The number of carbonyl (C=O) groups excluding carboxylic acids is 2. The first-order valence-corrected chi connectivity index (χ1v) is 8.74. The van der Waals surface area contributed by atoms with Gasteiger partial charge >= 0.3 is 6.03 Å². The molecule has 0 saturated carbocycles. The number of nitrogens with zero attached hydrogens (tertiary/aromatic N) is 1. The molecule has 3 aromatic carbocycles. The monoisotopic (exact) mass is 396 g/mol. The molecule has 0 bridgehead atoms. The minimum absolute atomic E-state index is 0.0516. The predicted molar refractivity (Wildman–Crippen MR) is 110 cm³/mol. The van der Waals surface area contributed by atoms with Crippen molar-refractivity contribution in [1.29, 1.82) is 0 Å². The van der Waals surface area contributed by atoms with Crippen molar-refractivity contribution in [2.75, 3.05) is 11.9 Å². The zero-order chi connectivity index (χ0) is 19.9. The van der Waals surface area contributed by atoms with Gasteiger partial charge in [-0.05, 0) is 35.0 Å². The van der Waals surface area contributed by atoms with Crippen molar-refractivity contribution in [2.45, 2.75) is 0 Å². The number of aromatic hydroxyl groups is 1. The first-order valence-electron chi connectivity index (χ1n) is 8.36. The number of benzene rings is 3. The molecule has 142 valence electrons. The number of hydrogen-bond donors (Lipinski definition) is 4. The smallest absolute Gasteiger partial charge is 0.319 e. The SMILES string of the molecule is O=C(CNC(=O)Nc1cccc(Cl)c1)N/N=C/c1c(O)ccc2ccccc12. The summed E-state index contributed by atoms with van der Waals surface area (Å²) in [5.41, 5.74) is 3.31. The molecule has 3 rings (SSSR count). The van der Waals surface area contributed by atoms with Crippen molar-refractivity contribution in [3.63, 3.8) is 0 Å². The molecule has 0 atom stereocenters. The minimum atomic E-state index is -0.548. The van der Waals surface area contributed by atoms with Gasteiger partial charge in [0.25, 0.3) is 5.91 Å². The van der Waals surface area contributed by atoms with E-state index in [0.717, 1.165) is 10.8 Å². The number of halogens is 1. The summed E-state index contributed by atoms with van der Waals surface area (Å²) in [4.78, 5) is 23.6. The van der Waals surface area contributed by atoms with E-state index in [9.17, 15) is 14.7 Å². The number of carbonyl (C=O) groups is 2. The van der Waals surface area contributed by atoms with E-state index in [2.05, 4.69) is 21.2 Å². The van der Waals surface area contributed by atoms with E-state index < -0.39 is 11.9 Å². The van der Waals surface area contributed by atoms with Gasteiger partial charge in [-0.2, -0.15) is 5.10 Å². The van der Waals surface area contributed by atoms with Crippen LogP contribution in [0, 0.1) is 0 Å². The van der Waals surface area contributed by atoms with Crippen molar-refractivity contribution in [3.8, 4) is 5.75 Å². The van der Waals surface area contributed by atoms with Crippen LogP contribution in [-0.4, -0.2) is 29.8 Å². The van der Waals surface area contributed by atoms with Crippen LogP contribution in [0.3, 0.4) is 0 Å². The Hall–Kier alpha value is -3.58. The van der Waals surface area contributed by atoms with Gasteiger partial charge in [0.2, 0.25) is 0 Å². The molecule has 0 aliphatic rings. The Balaban J connectivity index is 1.53. The molecule has 3 amide bonds.